The highest BCUT2D eigenvalue weighted by Crippen LogP contribution is 2.47. The number of anilines is 3. The molecule has 0 fully saturated rings. The average molecular weight is 552 g/mol. The summed E-state index contributed by atoms with van der Waals surface area (Å²) in [4.78, 5) is 2.43. The normalized spacial score (nSPS) is 11.8. The van der Waals surface area contributed by atoms with Crippen LogP contribution in [-0.4, -0.2) is 0 Å². The van der Waals surface area contributed by atoms with Crippen LogP contribution >= 0.6 is 11.3 Å². The number of benzene rings is 8. The first kappa shape index (κ1) is 23.5. The summed E-state index contributed by atoms with van der Waals surface area (Å²) in [6.07, 6.45) is 0. The molecule has 0 saturated heterocycles. The van der Waals surface area contributed by atoms with E-state index in [1.165, 1.54) is 68.9 Å². The second kappa shape index (κ2) is 9.17. The first-order valence-electron chi connectivity index (χ1n) is 14.4. The zero-order chi connectivity index (χ0) is 27.6. The van der Waals surface area contributed by atoms with Gasteiger partial charge in [-0.25, -0.2) is 0 Å². The molecule has 1 aromatic heterocycles. The average Bonchev–Trinajstić information content (AvgIpc) is 3.45. The Labute approximate surface area is 247 Å². The molecule has 42 heavy (non-hydrogen) atoms. The fraction of sp³-hybridized carbons (Fsp3) is 0. The van der Waals surface area contributed by atoms with Gasteiger partial charge in [-0.1, -0.05) is 115 Å². The minimum absolute atomic E-state index is 1.15. The molecule has 0 spiro atoms. The number of para-hydroxylation sites is 1. The lowest BCUT2D eigenvalue weighted by Gasteiger charge is -2.27. The SMILES string of the molecule is c1ccc(N(c2ccc3ccc4c5ccccc5ccc4c3c2)c2cccc3sc4c5ccccc5ccc4c23)cc1. The second-order valence-corrected chi connectivity index (χ2v) is 12.0. The molecule has 0 aliphatic heterocycles. The number of hydrogen-bond acceptors (Lipinski definition) is 2. The highest BCUT2D eigenvalue weighted by molar-refractivity contribution is 7.26. The summed E-state index contributed by atoms with van der Waals surface area (Å²) in [7, 11) is 0. The number of nitrogens with zero attached hydrogens (tertiary/aromatic N) is 1. The van der Waals surface area contributed by atoms with E-state index in [-0.39, 0.29) is 0 Å². The summed E-state index contributed by atoms with van der Waals surface area (Å²) in [5.41, 5.74) is 3.50. The minimum atomic E-state index is 1.15. The Morgan fingerprint density at radius 1 is 0.381 bits per heavy atom. The standard InChI is InChI=1S/C40H25NS/c1-2-11-29(12-3-1)41(37-15-8-16-38-39(37)35-24-20-27-10-5-7-14-32(27)40(35)42-38)30-21-17-28-19-22-33-31-13-6-4-9-26(31)18-23-34(33)36(28)25-30/h1-25H. The van der Waals surface area contributed by atoms with Crippen molar-refractivity contribution in [2.24, 2.45) is 0 Å². The van der Waals surface area contributed by atoms with Crippen LogP contribution in [-0.2, 0) is 0 Å². The van der Waals surface area contributed by atoms with Crippen molar-refractivity contribution < 1.29 is 0 Å². The van der Waals surface area contributed by atoms with Gasteiger partial charge in [0.2, 0.25) is 0 Å². The van der Waals surface area contributed by atoms with Crippen LogP contribution in [0, 0.1) is 0 Å². The van der Waals surface area contributed by atoms with E-state index >= 15 is 0 Å². The zero-order valence-corrected chi connectivity index (χ0v) is 23.6. The van der Waals surface area contributed by atoms with Crippen LogP contribution in [0.1, 0.15) is 0 Å². The fourth-order valence-corrected chi connectivity index (χ4v) is 7.93. The largest absolute Gasteiger partial charge is 0.310 e. The summed E-state index contributed by atoms with van der Waals surface area (Å²) < 4.78 is 2.65. The summed E-state index contributed by atoms with van der Waals surface area (Å²) in [6.45, 7) is 0. The van der Waals surface area contributed by atoms with E-state index in [0.29, 0.717) is 0 Å². The van der Waals surface area contributed by atoms with Gasteiger partial charge < -0.3 is 4.90 Å². The van der Waals surface area contributed by atoms with E-state index < -0.39 is 0 Å². The molecule has 1 nitrogen and oxygen atoms in total. The summed E-state index contributed by atoms with van der Waals surface area (Å²) in [5.74, 6) is 0. The minimum Gasteiger partial charge on any atom is -0.310 e. The van der Waals surface area contributed by atoms with E-state index in [0.717, 1.165) is 11.4 Å². The van der Waals surface area contributed by atoms with E-state index in [4.69, 9.17) is 0 Å². The van der Waals surface area contributed by atoms with Crippen LogP contribution in [0.3, 0.4) is 0 Å². The first-order chi connectivity index (χ1) is 20.8. The van der Waals surface area contributed by atoms with E-state index in [2.05, 4.69) is 157 Å². The Kier molecular flexibility index (Phi) is 5.13. The summed E-state index contributed by atoms with van der Waals surface area (Å²) in [5, 5.41) is 12.9. The van der Waals surface area contributed by atoms with Crippen LogP contribution in [0.15, 0.2) is 152 Å². The molecule has 8 aromatic carbocycles. The third-order valence-corrected chi connectivity index (χ3v) is 9.81. The van der Waals surface area contributed by atoms with E-state index in [1.807, 2.05) is 11.3 Å². The highest BCUT2D eigenvalue weighted by atomic mass is 32.1. The van der Waals surface area contributed by atoms with Gasteiger partial charge in [0.25, 0.3) is 0 Å². The molecule has 0 atom stereocenters. The smallest absolute Gasteiger partial charge is 0.0554 e. The van der Waals surface area contributed by atoms with Gasteiger partial charge in [-0.05, 0) is 79.5 Å². The third-order valence-electron chi connectivity index (χ3n) is 8.61. The lowest BCUT2D eigenvalue weighted by atomic mass is 9.96. The van der Waals surface area contributed by atoms with E-state index in [9.17, 15) is 0 Å². The number of thiophene rings is 1. The maximum atomic E-state index is 2.43. The third kappa shape index (κ3) is 3.49. The number of hydrogen-bond donors (Lipinski definition) is 0. The van der Waals surface area contributed by atoms with Crippen molar-refractivity contribution in [3.05, 3.63) is 152 Å². The molecule has 0 amide bonds. The number of rotatable bonds is 3. The second-order valence-electron chi connectivity index (χ2n) is 10.9. The van der Waals surface area contributed by atoms with Crippen LogP contribution in [0.5, 0.6) is 0 Å². The van der Waals surface area contributed by atoms with Gasteiger partial charge in [-0.3, -0.25) is 0 Å². The van der Waals surface area contributed by atoms with E-state index in [1.54, 1.807) is 0 Å². The van der Waals surface area contributed by atoms with Gasteiger partial charge in [0.15, 0.2) is 0 Å². The van der Waals surface area contributed by atoms with Gasteiger partial charge >= 0.3 is 0 Å². The Bertz CT molecular complexity index is 2470. The first-order valence-corrected chi connectivity index (χ1v) is 15.2. The molecule has 0 N–H and O–H groups in total. The maximum absolute atomic E-state index is 2.43. The van der Waals surface area contributed by atoms with Gasteiger partial charge in [0.05, 0.1) is 5.69 Å². The molecular weight excluding hydrogens is 527 g/mol. The lowest BCUT2D eigenvalue weighted by molar-refractivity contribution is 1.31. The molecule has 2 heteroatoms. The molecule has 0 aliphatic carbocycles. The molecule has 0 aliphatic rings. The molecule has 1 heterocycles. The Hall–Kier alpha value is -5.18. The Balaban J connectivity index is 1.35. The van der Waals surface area contributed by atoms with Gasteiger partial charge in [-0.15, -0.1) is 11.3 Å². The highest BCUT2D eigenvalue weighted by Gasteiger charge is 2.19. The van der Waals surface area contributed by atoms with Gasteiger partial charge in [-0.2, -0.15) is 0 Å². The summed E-state index contributed by atoms with van der Waals surface area (Å²) in [6, 6.07) is 55.5. The molecule has 0 saturated carbocycles. The number of fused-ring (bicyclic) bond motifs is 10. The van der Waals surface area contributed by atoms with Crippen molar-refractivity contribution in [1.29, 1.82) is 0 Å². The maximum Gasteiger partial charge on any atom is 0.0554 e. The predicted molar refractivity (Wildman–Crippen MR) is 184 cm³/mol. The monoisotopic (exact) mass is 551 g/mol. The lowest BCUT2D eigenvalue weighted by Crippen LogP contribution is -2.10. The van der Waals surface area contributed by atoms with Crippen LogP contribution in [0.4, 0.5) is 17.1 Å². The van der Waals surface area contributed by atoms with Crippen LogP contribution in [0.25, 0.3) is 63.3 Å². The van der Waals surface area contributed by atoms with Crippen molar-refractivity contribution in [1.82, 2.24) is 0 Å². The van der Waals surface area contributed by atoms with Crippen molar-refractivity contribution in [3.63, 3.8) is 0 Å². The van der Waals surface area contributed by atoms with Crippen LogP contribution in [0.2, 0.25) is 0 Å². The fourth-order valence-electron chi connectivity index (χ4n) is 6.67. The molecule has 0 radical (unpaired) electrons. The molecule has 196 valence electrons. The molecule has 9 rings (SSSR count). The van der Waals surface area contributed by atoms with Crippen molar-refractivity contribution in [2.75, 3.05) is 4.90 Å². The molecule has 9 aromatic rings. The van der Waals surface area contributed by atoms with Gasteiger partial charge in [0.1, 0.15) is 0 Å². The molecule has 0 bridgehead atoms. The van der Waals surface area contributed by atoms with Crippen LogP contribution < -0.4 is 4.90 Å². The van der Waals surface area contributed by atoms with Crippen molar-refractivity contribution in [2.45, 2.75) is 0 Å². The predicted octanol–water partition coefficient (Wildman–Crippen LogP) is 12.1. The Morgan fingerprint density at radius 3 is 1.81 bits per heavy atom. The topological polar surface area (TPSA) is 3.24 Å². The van der Waals surface area contributed by atoms with Gasteiger partial charge in [0, 0.05) is 31.5 Å². The summed E-state index contributed by atoms with van der Waals surface area (Å²) >= 11 is 1.89. The van der Waals surface area contributed by atoms with Crippen molar-refractivity contribution in [3.8, 4) is 0 Å². The zero-order valence-electron chi connectivity index (χ0n) is 22.8. The van der Waals surface area contributed by atoms with Crippen molar-refractivity contribution >= 4 is 91.7 Å². The molecular formula is C40H25NS. The molecule has 0 unspecified atom stereocenters. The Morgan fingerprint density at radius 2 is 1.00 bits per heavy atom. The quantitative estimate of drug-likeness (QED) is 0.197.